The zero-order chi connectivity index (χ0) is 14.1. The number of rotatable bonds is 4. The molecule has 1 saturated carbocycles. The van der Waals surface area contributed by atoms with Gasteiger partial charge in [0.2, 0.25) is 0 Å². The van der Waals surface area contributed by atoms with Gasteiger partial charge in [0.15, 0.2) is 5.82 Å². The van der Waals surface area contributed by atoms with Gasteiger partial charge in [0, 0.05) is 18.6 Å². The lowest BCUT2D eigenvalue weighted by molar-refractivity contribution is 0.185. The standard InChI is InChI=1S/C15H14ClIN2O/c1-20-8-9-3-2-4-11(7-9)15-18-13(10-5-6-10)12(17)14(16)19-15/h2-4,7,10H,5-6,8H2,1H3. The quantitative estimate of drug-likeness (QED) is 0.563. The Hall–Kier alpha value is -0.720. The fraction of sp³-hybridized carbons (Fsp3) is 0.333. The van der Waals surface area contributed by atoms with Crippen LogP contribution in [-0.2, 0) is 11.3 Å². The average molecular weight is 401 g/mol. The average Bonchev–Trinajstić information content (AvgIpc) is 3.27. The van der Waals surface area contributed by atoms with Gasteiger partial charge in [0.1, 0.15) is 5.15 Å². The van der Waals surface area contributed by atoms with Crippen LogP contribution >= 0.6 is 34.2 Å². The maximum atomic E-state index is 6.26. The van der Waals surface area contributed by atoms with Crippen molar-refractivity contribution >= 4 is 34.2 Å². The fourth-order valence-electron chi connectivity index (χ4n) is 2.16. The smallest absolute Gasteiger partial charge is 0.161 e. The first-order chi connectivity index (χ1) is 9.69. The van der Waals surface area contributed by atoms with Crippen LogP contribution in [0.1, 0.15) is 30.0 Å². The molecule has 3 rings (SSSR count). The molecule has 0 unspecified atom stereocenters. The molecule has 0 amide bonds. The lowest BCUT2D eigenvalue weighted by Gasteiger charge is -2.08. The van der Waals surface area contributed by atoms with E-state index in [0.717, 1.165) is 20.4 Å². The highest BCUT2D eigenvalue weighted by Crippen LogP contribution is 2.42. The molecule has 0 spiro atoms. The second-order valence-corrected chi connectivity index (χ2v) is 6.38. The molecule has 0 aliphatic heterocycles. The van der Waals surface area contributed by atoms with Crippen molar-refractivity contribution < 1.29 is 4.74 Å². The van der Waals surface area contributed by atoms with Crippen LogP contribution in [0.2, 0.25) is 5.15 Å². The highest BCUT2D eigenvalue weighted by atomic mass is 127. The third-order valence-corrected chi connectivity index (χ3v) is 4.95. The molecule has 104 valence electrons. The monoisotopic (exact) mass is 400 g/mol. The predicted molar refractivity (Wildman–Crippen MR) is 87.9 cm³/mol. The normalized spacial score (nSPS) is 14.6. The van der Waals surface area contributed by atoms with Gasteiger partial charge in [0.25, 0.3) is 0 Å². The number of aromatic nitrogens is 2. The number of hydrogen-bond donors (Lipinski definition) is 0. The van der Waals surface area contributed by atoms with Crippen LogP contribution in [0.4, 0.5) is 0 Å². The number of benzene rings is 1. The lowest BCUT2D eigenvalue weighted by atomic mass is 10.1. The molecule has 0 bridgehead atoms. The van der Waals surface area contributed by atoms with Gasteiger partial charge < -0.3 is 4.74 Å². The van der Waals surface area contributed by atoms with Gasteiger partial charge in [0.05, 0.1) is 15.9 Å². The van der Waals surface area contributed by atoms with Crippen LogP contribution in [0.25, 0.3) is 11.4 Å². The lowest BCUT2D eigenvalue weighted by Crippen LogP contribution is -2.00. The van der Waals surface area contributed by atoms with E-state index in [0.29, 0.717) is 23.5 Å². The second-order valence-electron chi connectivity index (χ2n) is 4.94. The minimum absolute atomic E-state index is 0.551. The number of halogens is 2. The van der Waals surface area contributed by atoms with E-state index in [9.17, 15) is 0 Å². The molecule has 1 heterocycles. The third-order valence-electron chi connectivity index (χ3n) is 3.30. The van der Waals surface area contributed by atoms with E-state index in [1.165, 1.54) is 12.8 Å². The summed E-state index contributed by atoms with van der Waals surface area (Å²) in [6.07, 6.45) is 2.40. The summed E-state index contributed by atoms with van der Waals surface area (Å²) in [4.78, 5) is 9.14. The number of methoxy groups -OCH3 is 1. The highest BCUT2D eigenvalue weighted by Gasteiger charge is 2.29. The van der Waals surface area contributed by atoms with Gasteiger partial charge in [-0.3, -0.25) is 0 Å². The van der Waals surface area contributed by atoms with E-state index in [-0.39, 0.29) is 0 Å². The minimum Gasteiger partial charge on any atom is -0.380 e. The largest absolute Gasteiger partial charge is 0.380 e. The van der Waals surface area contributed by atoms with Gasteiger partial charge in [-0.2, -0.15) is 0 Å². The summed E-state index contributed by atoms with van der Waals surface area (Å²) in [5.41, 5.74) is 3.19. The van der Waals surface area contributed by atoms with E-state index in [4.69, 9.17) is 21.3 Å². The summed E-state index contributed by atoms with van der Waals surface area (Å²) in [5.74, 6) is 1.26. The number of hydrogen-bond acceptors (Lipinski definition) is 3. The highest BCUT2D eigenvalue weighted by molar-refractivity contribution is 14.1. The molecule has 1 aromatic carbocycles. The zero-order valence-corrected chi connectivity index (χ0v) is 14.0. The Bertz CT molecular complexity index is 644. The summed E-state index contributed by atoms with van der Waals surface area (Å²) in [5, 5.41) is 0.551. The van der Waals surface area contributed by atoms with Gasteiger partial charge >= 0.3 is 0 Å². The maximum absolute atomic E-state index is 6.26. The van der Waals surface area contributed by atoms with Gasteiger partial charge in [-0.25, -0.2) is 9.97 Å². The van der Waals surface area contributed by atoms with E-state index >= 15 is 0 Å². The second kappa shape index (κ2) is 5.95. The molecule has 3 nitrogen and oxygen atoms in total. The van der Waals surface area contributed by atoms with Crippen molar-refractivity contribution in [1.82, 2.24) is 9.97 Å². The molecule has 20 heavy (non-hydrogen) atoms. The Morgan fingerprint density at radius 1 is 1.35 bits per heavy atom. The predicted octanol–water partition coefficient (Wildman–Crippen LogP) is 4.43. The van der Waals surface area contributed by atoms with Crippen molar-refractivity contribution in [3.8, 4) is 11.4 Å². The Balaban J connectivity index is 2.03. The van der Waals surface area contributed by atoms with Crippen molar-refractivity contribution in [1.29, 1.82) is 0 Å². The van der Waals surface area contributed by atoms with Crippen LogP contribution in [0.5, 0.6) is 0 Å². The molecular formula is C15H14ClIN2O. The van der Waals surface area contributed by atoms with Crippen LogP contribution in [0, 0.1) is 3.57 Å². The topological polar surface area (TPSA) is 35.0 Å². The summed E-state index contributed by atoms with van der Waals surface area (Å²) >= 11 is 8.50. The van der Waals surface area contributed by atoms with Crippen LogP contribution in [0.15, 0.2) is 24.3 Å². The first-order valence-corrected chi connectivity index (χ1v) is 7.96. The fourth-order valence-corrected chi connectivity index (χ4v) is 3.02. The molecule has 1 aliphatic carbocycles. The van der Waals surface area contributed by atoms with Crippen LogP contribution in [-0.4, -0.2) is 17.1 Å². The molecule has 2 aromatic rings. The molecule has 0 saturated heterocycles. The zero-order valence-electron chi connectivity index (χ0n) is 11.1. The third kappa shape index (κ3) is 2.97. The van der Waals surface area contributed by atoms with Crippen molar-refractivity contribution in [3.63, 3.8) is 0 Å². The van der Waals surface area contributed by atoms with Gasteiger partial charge in [-0.05, 0) is 47.1 Å². The molecule has 0 radical (unpaired) electrons. The van der Waals surface area contributed by atoms with Crippen molar-refractivity contribution in [2.24, 2.45) is 0 Å². The maximum Gasteiger partial charge on any atom is 0.161 e. The molecule has 1 aliphatic rings. The minimum atomic E-state index is 0.551. The molecular weight excluding hydrogens is 387 g/mol. The molecule has 0 N–H and O–H groups in total. The molecule has 1 aromatic heterocycles. The van der Waals surface area contributed by atoms with Crippen molar-refractivity contribution in [2.45, 2.75) is 25.4 Å². The molecule has 5 heteroatoms. The summed E-state index contributed by atoms with van der Waals surface area (Å²) in [6, 6.07) is 8.09. The number of ether oxygens (including phenoxy) is 1. The summed E-state index contributed by atoms with van der Waals surface area (Å²) < 4.78 is 6.15. The first-order valence-electron chi connectivity index (χ1n) is 6.50. The van der Waals surface area contributed by atoms with Gasteiger partial charge in [-0.1, -0.05) is 29.8 Å². The van der Waals surface area contributed by atoms with Crippen molar-refractivity contribution in [2.75, 3.05) is 7.11 Å². The van der Waals surface area contributed by atoms with Crippen LogP contribution < -0.4 is 0 Å². The summed E-state index contributed by atoms with van der Waals surface area (Å²) in [7, 11) is 1.69. The Labute approximate surface area is 136 Å². The summed E-state index contributed by atoms with van der Waals surface area (Å²) in [6.45, 7) is 0.585. The Morgan fingerprint density at radius 3 is 2.85 bits per heavy atom. The Morgan fingerprint density at radius 2 is 2.15 bits per heavy atom. The first kappa shape index (κ1) is 14.2. The van der Waals surface area contributed by atoms with E-state index in [1.807, 2.05) is 18.2 Å². The van der Waals surface area contributed by atoms with E-state index < -0.39 is 0 Å². The molecule has 0 atom stereocenters. The van der Waals surface area contributed by atoms with Gasteiger partial charge in [-0.15, -0.1) is 0 Å². The molecule has 1 fully saturated rings. The van der Waals surface area contributed by atoms with Crippen molar-refractivity contribution in [3.05, 3.63) is 44.2 Å². The van der Waals surface area contributed by atoms with E-state index in [1.54, 1.807) is 7.11 Å². The SMILES string of the molecule is COCc1cccc(-c2nc(Cl)c(I)c(C3CC3)n2)c1. The Kier molecular flexibility index (Phi) is 4.23. The van der Waals surface area contributed by atoms with Crippen LogP contribution in [0.3, 0.4) is 0 Å². The van der Waals surface area contributed by atoms with E-state index in [2.05, 4.69) is 33.6 Å². The number of nitrogens with zero attached hydrogens (tertiary/aromatic N) is 2.